The maximum Gasteiger partial charge on any atom is 0.124 e. The Balaban J connectivity index is 2.05. The average Bonchev–Trinajstić information content (AvgIpc) is 2.95. The van der Waals surface area contributed by atoms with Gasteiger partial charge in [-0.1, -0.05) is 18.2 Å². The fraction of sp³-hybridized carbons (Fsp3) is 0.412. The predicted molar refractivity (Wildman–Crippen MR) is 84.7 cm³/mol. The van der Waals surface area contributed by atoms with Crippen molar-refractivity contribution in [1.82, 2.24) is 14.8 Å². The third-order valence-corrected chi connectivity index (χ3v) is 4.21. The Morgan fingerprint density at radius 2 is 1.86 bits per heavy atom. The van der Waals surface area contributed by atoms with Crippen LogP contribution in [0.3, 0.4) is 0 Å². The number of ether oxygens (including phenoxy) is 1. The summed E-state index contributed by atoms with van der Waals surface area (Å²) < 4.78 is 7.81. The van der Waals surface area contributed by atoms with Crippen molar-refractivity contribution in [2.45, 2.75) is 6.04 Å². The first-order chi connectivity index (χ1) is 10.3. The van der Waals surface area contributed by atoms with Crippen LogP contribution in [-0.2, 0) is 7.05 Å². The quantitative estimate of drug-likeness (QED) is 0.932. The summed E-state index contributed by atoms with van der Waals surface area (Å²) in [5.74, 6) is 0.960. The largest absolute Gasteiger partial charge is 0.496 e. The normalized spacial score (nSPS) is 17.6. The number of hydrogen-bond acceptors (Lipinski definition) is 3. The smallest absolute Gasteiger partial charge is 0.124 e. The summed E-state index contributed by atoms with van der Waals surface area (Å²) in [5, 5.41) is 3.43. The van der Waals surface area contributed by atoms with E-state index in [0.717, 1.165) is 31.9 Å². The molecule has 1 aromatic heterocycles. The van der Waals surface area contributed by atoms with Gasteiger partial charge in [-0.2, -0.15) is 0 Å². The number of aromatic nitrogens is 1. The predicted octanol–water partition coefficient (Wildman–Crippen LogP) is 2.03. The minimum Gasteiger partial charge on any atom is -0.496 e. The minimum absolute atomic E-state index is 0.239. The van der Waals surface area contributed by atoms with Gasteiger partial charge in [-0.3, -0.25) is 4.90 Å². The lowest BCUT2D eigenvalue weighted by molar-refractivity contribution is 0.190. The zero-order valence-electron chi connectivity index (χ0n) is 12.7. The molecule has 1 aromatic carbocycles. The Hall–Kier alpha value is -1.78. The summed E-state index contributed by atoms with van der Waals surface area (Å²) in [6.07, 6.45) is 2.11. The van der Waals surface area contributed by atoms with Crippen molar-refractivity contribution < 1.29 is 4.74 Å². The first-order valence-corrected chi connectivity index (χ1v) is 7.50. The number of methoxy groups -OCH3 is 1. The van der Waals surface area contributed by atoms with Gasteiger partial charge in [0.15, 0.2) is 0 Å². The third-order valence-electron chi connectivity index (χ3n) is 4.21. The van der Waals surface area contributed by atoms with Crippen LogP contribution in [0, 0.1) is 0 Å². The lowest BCUT2D eigenvalue weighted by Crippen LogP contribution is -2.45. The van der Waals surface area contributed by atoms with E-state index in [1.807, 2.05) is 12.1 Å². The van der Waals surface area contributed by atoms with Gasteiger partial charge in [0.1, 0.15) is 5.75 Å². The average molecular weight is 285 g/mol. The monoisotopic (exact) mass is 285 g/mol. The molecule has 1 aliphatic rings. The van der Waals surface area contributed by atoms with Gasteiger partial charge in [0.25, 0.3) is 0 Å². The molecule has 1 aliphatic heterocycles. The number of hydrogen-bond donors (Lipinski definition) is 1. The van der Waals surface area contributed by atoms with Crippen LogP contribution in [0.1, 0.15) is 17.3 Å². The molecule has 0 bridgehead atoms. The molecule has 1 unspecified atom stereocenters. The highest BCUT2D eigenvalue weighted by Gasteiger charge is 2.27. The van der Waals surface area contributed by atoms with E-state index in [1.54, 1.807) is 7.11 Å². The topological polar surface area (TPSA) is 29.4 Å². The molecular formula is C17H23N3O. The lowest BCUT2D eigenvalue weighted by atomic mass is 10.00. The van der Waals surface area contributed by atoms with Crippen LogP contribution in [0.4, 0.5) is 0 Å². The Kier molecular flexibility index (Phi) is 4.27. The maximum atomic E-state index is 5.60. The van der Waals surface area contributed by atoms with Gasteiger partial charge in [-0.15, -0.1) is 0 Å². The molecule has 0 saturated carbocycles. The Morgan fingerprint density at radius 1 is 1.10 bits per heavy atom. The second kappa shape index (κ2) is 6.33. The van der Waals surface area contributed by atoms with Crippen LogP contribution >= 0.6 is 0 Å². The second-order valence-corrected chi connectivity index (χ2v) is 5.47. The molecule has 2 heterocycles. The van der Waals surface area contributed by atoms with E-state index in [9.17, 15) is 0 Å². The van der Waals surface area contributed by atoms with Crippen molar-refractivity contribution in [1.29, 1.82) is 0 Å². The number of nitrogens with zero attached hydrogens (tertiary/aromatic N) is 2. The number of benzene rings is 1. The first kappa shape index (κ1) is 14.2. The standard InChI is InChI=1S/C17H23N3O/c1-19-11-5-7-15(19)17(20-12-9-18-10-13-20)14-6-3-4-8-16(14)21-2/h3-8,11,17-18H,9-10,12-13H2,1-2H3. The molecule has 1 fully saturated rings. The first-order valence-electron chi connectivity index (χ1n) is 7.50. The molecule has 112 valence electrons. The van der Waals surface area contributed by atoms with Gasteiger partial charge < -0.3 is 14.6 Å². The van der Waals surface area contributed by atoms with E-state index < -0.39 is 0 Å². The van der Waals surface area contributed by atoms with Crippen LogP contribution in [0.25, 0.3) is 0 Å². The Bertz CT molecular complexity index is 587. The molecule has 1 N–H and O–H groups in total. The highest BCUT2D eigenvalue weighted by Crippen LogP contribution is 2.34. The van der Waals surface area contributed by atoms with E-state index >= 15 is 0 Å². The molecule has 2 aromatic rings. The van der Waals surface area contributed by atoms with Crippen molar-refractivity contribution in [3.63, 3.8) is 0 Å². The van der Waals surface area contributed by atoms with Crippen molar-refractivity contribution in [2.75, 3.05) is 33.3 Å². The van der Waals surface area contributed by atoms with E-state index in [0.29, 0.717) is 0 Å². The van der Waals surface area contributed by atoms with Gasteiger partial charge in [0.2, 0.25) is 0 Å². The number of nitrogens with one attached hydrogen (secondary N) is 1. The zero-order chi connectivity index (χ0) is 14.7. The molecule has 0 spiro atoms. The fourth-order valence-electron chi connectivity index (χ4n) is 3.13. The van der Waals surface area contributed by atoms with Crippen molar-refractivity contribution in [3.05, 3.63) is 53.9 Å². The summed E-state index contributed by atoms with van der Waals surface area (Å²) in [6.45, 7) is 4.17. The molecule has 1 saturated heterocycles. The molecule has 0 amide bonds. The minimum atomic E-state index is 0.239. The molecular weight excluding hydrogens is 262 g/mol. The van der Waals surface area contributed by atoms with Gasteiger partial charge in [0.05, 0.1) is 13.2 Å². The third kappa shape index (κ3) is 2.82. The van der Waals surface area contributed by atoms with Gasteiger partial charge in [-0.25, -0.2) is 0 Å². The fourth-order valence-corrected chi connectivity index (χ4v) is 3.13. The van der Waals surface area contributed by atoms with E-state index in [-0.39, 0.29) is 6.04 Å². The molecule has 0 aliphatic carbocycles. The van der Waals surface area contributed by atoms with Crippen LogP contribution in [0.5, 0.6) is 5.75 Å². The number of para-hydroxylation sites is 1. The molecule has 4 heteroatoms. The SMILES string of the molecule is COc1ccccc1C(c1cccn1C)N1CCNCC1. The summed E-state index contributed by atoms with van der Waals surface area (Å²) in [7, 11) is 3.86. The summed E-state index contributed by atoms with van der Waals surface area (Å²) >= 11 is 0. The molecule has 4 nitrogen and oxygen atoms in total. The molecule has 1 atom stereocenters. The van der Waals surface area contributed by atoms with Crippen LogP contribution < -0.4 is 10.1 Å². The van der Waals surface area contributed by atoms with Crippen LogP contribution in [0.15, 0.2) is 42.6 Å². The number of rotatable bonds is 4. The van der Waals surface area contributed by atoms with Gasteiger partial charge in [-0.05, 0) is 18.2 Å². The highest BCUT2D eigenvalue weighted by molar-refractivity contribution is 5.40. The van der Waals surface area contributed by atoms with Crippen molar-refractivity contribution in [3.8, 4) is 5.75 Å². The van der Waals surface area contributed by atoms with Crippen molar-refractivity contribution >= 4 is 0 Å². The number of piperazine rings is 1. The van der Waals surface area contributed by atoms with Crippen molar-refractivity contribution in [2.24, 2.45) is 7.05 Å². The van der Waals surface area contributed by atoms with E-state index in [4.69, 9.17) is 4.74 Å². The second-order valence-electron chi connectivity index (χ2n) is 5.47. The highest BCUT2D eigenvalue weighted by atomic mass is 16.5. The molecule has 0 radical (unpaired) electrons. The van der Waals surface area contributed by atoms with E-state index in [2.05, 4.69) is 52.3 Å². The zero-order valence-corrected chi connectivity index (χ0v) is 12.7. The summed E-state index contributed by atoms with van der Waals surface area (Å²) in [6, 6.07) is 12.9. The molecule has 21 heavy (non-hydrogen) atoms. The molecule has 3 rings (SSSR count). The summed E-state index contributed by atoms with van der Waals surface area (Å²) in [4.78, 5) is 2.53. The summed E-state index contributed by atoms with van der Waals surface area (Å²) in [5.41, 5.74) is 2.55. The van der Waals surface area contributed by atoms with Gasteiger partial charge >= 0.3 is 0 Å². The Morgan fingerprint density at radius 3 is 2.52 bits per heavy atom. The van der Waals surface area contributed by atoms with Crippen LogP contribution in [0.2, 0.25) is 0 Å². The maximum absolute atomic E-state index is 5.60. The number of aryl methyl sites for hydroxylation is 1. The Labute approximate surface area is 126 Å². The lowest BCUT2D eigenvalue weighted by Gasteiger charge is -2.36. The van der Waals surface area contributed by atoms with E-state index in [1.165, 1.54) is 11.3 Å². The van der Waals surface area contributed by atoms with Gasteiger partial charge in [0, 0.05) is 50.7 Å². The van der Waals surface area contributed by atoms with Crippen LogP contribution in [-0.4, -0.2) is 42.8 Å².